The second-order valence-electron chi connectivity index (χ2n) is 3.71. The molecular weight excluding hydrogens is 180 g/mol. The van der Waals surface area contributed by atoms with E-state index >= 15 is 0 Å². The lowest BCUT2D eigenvalue weighted by Crippen LogP contribution is -2.37. The molecule has 0 aliphatic heterocycles. The second kappa shape index (κ2) is 8.81. The second-order valence-corrected chi connectivity index (χ2v) is 3.71. The van der Waals surface area contributed by atoms with E-state index in [1.807, 2.05) is 0 Å². The minimum Gasteiger partial charge on any atom is -0.383 e. The number of hydrogen-bond acceptors (Lipinski definition) is 2. The average molecular weight is 202 g/mol. The van der Waals surface area contributed by atoms with Crippen molar-refractivity contribution < 1.29 is 9.53 Å². The summed E-state index contributed by atoms with van der Waals surface area (Å²) in [5.41, 5.74) is 0. The normalized spacial score (nSPS) is 10.3. The maximum absolute atomic E-state index is 11.1. The molecule has 14 heavy (non-hydrogen) atoms. The Labute approximate surface area is 86.4 Å². The number of nitrogens with one attached hydrogen (secondary N) is 2. The highest BCUT2D eigenvalue weighted by Crippen LogP contribution is 2.01. The van der Waals surface area contributed by atoms with Crippen molar-refractivity contribution in [3.63, 3.8) is 0 Å². The van der Waals surface area contributed by atoms with Gasteiger partial charge in [-0.05, 0) is 18.8 Å². The van der Waals surface area contributed by atoms with Crippen molar-refractivity contribution in [1.29, 1.82) is 0 Å². The third-order valence-corrected chi connectivity index (χ3v) is 1.84. The minimum atomic E-state index is -0.106. The molecule has 0 unspecified atom stereocenters. The Morgan fingerprint density at radius 2 is 1.93 bits per heavy atom. The molecule has 0 saturated carbocycles. The summed E-state index contributed by atoms with van der Waals surface area (Å²) in [6, 6.07) is -0.106. The van der Waals surface area contributed by atoms with Gasteiger partial charge >= 0.3 is 6.03 Å². The summed E-state index contributed by atoms with van der Waals surface area (Å²) in [6.07, 6.45) is 2.19. The monoisotopic (exact) mass is 202 g/mol. The molecule has 4 nitrogen and oxygen atoms in total. The van der Waals surface area contributed by atoms with Gasteiger partial charge in [0.15, 0.2) is 0 Å². The zero-order chi connectivity index (χ0) is 10.8. The van der Waals surface area contributed by atoms with Crippen molar-refractivity contribution in [2.75, 3.05) is 26.8 Å². The predicted octanol–water partition coefficient (Wildman–Crippen LogP) is 1.37. The Balaban J connectivity index is 3.18. The fourth-order valence-electron chi connectivity index (χ4n) is 1.04. The highest BCUT2D eigenvalue weighted by Gasteiger charge is 1.98. The van der Waals surface area contributed by atoms with Gasteiger partial charge in [0, 0.05) is 20.2 Å². The van der Waals surface area contributed by atoms with Gasteiger partial charge in [0.25, 0.3) is 0 Å². The van der Waals surface area contributed by atoms with Crippen LogP contribution in [0.2, 0.25) is 0 Å². The summed E-state index contributed by atoms with van der Waals surface area (Å²) >= 11 is 0. The highest BCUT2D eigenvalue weighted by molar-refractivity contribution is 5.73. The zero-order valence-electron chi connectivity index (χ0n) is 9.43. The molecule has 0 atom stereocenters. The Morgan fingerprint density at radius 3 is 2.50 bits per heavy atom. The molecule has 84 valence electrons. The molecule has 0 bridgehead atoms. The number of hydrogen-bond donors (Lipinski definition) is 2. The SMILES string of the molecule is COCCNC(=O)NCCCC(C)C. The summed E-state index contributed by atoms with van der Waals surface area (Å²) in [6.45, 7) is 6.22. The van der Waals surface area contributed by atoms with Crippen LogP contribution < -0.4 is 10.6 Å². The van der Waals surface area contributed by atoms with E-state index in [1.54, 1.807) is 7.11 Å². The maximum atomic E-state index is 11.1. The molecule has 0 aliphatic rings. The van der Waals surface area contributed by atoms with Crippen molar-refractivity contribution in [3.8, 4) is 0 Å². The molecule has 0 heterocycles. The van der Waals surface area contributed by atoms with Gasteiger partial charge in [-0.25, -0.2) is 4.79 Å². The van der Waals surface area contributed by atoms with Crippen LogP contribution in [0.1, 0.15) is 26.7 Å². The lowest BCUT2D eigenvalue weighted by molar-refractivity contribution is 0.196. The molecule has 2 N–H and O–H groups in total. The predicted molar refractivity (Wildman–Crippen MR) is 57.3 cm³/mol. The lowest BCUT2D eigenvalue weighted by Gasteiger charge is -2.07. The van der Waals surface area contributed by atoms with Gasteiger partial charge in [0.1, 0.15) is 0 Å². The van der Waals surface area contributed by atoms with Gasteiger partial charge in [0.2, 0.25) is 0 Å². The largest absolute Gasteiger partial charge is 0.383 e. The Hall–Kier alpha value is -0.770. The number of rotatable bonds is 7. The number of urea groups is 1. The van der Waals surface area contributed by atoms with Crippen LogP contribution >= 0.6 is 0 Å². The van der Waals surface area contributed by atoms with Gasteiger partial charge in [0.05, 0.1) is 6.61 Å². The Bertz CT molecular complexity index is 149. The standard InChI is InChI=1S/C10H22N2O2/c1-9(2)5-4-6-11-10(13)12-7-8-14-3/h9H,4-8H2,1-3H3,(H2,11,12,13). The maximum Gasteiger partial charge on any atom is 0.314 e. The first kappa shape index (κ1) is 13.2. The van der Waals surface area contributed by atoms with E-state index in [0.29, 0.717) is 19.1 Å². The number of carbonyl (C=O) groups is 1. The van der Waals surface area contributed by atoms with Crippen LogP contribution in [-0.2, 0) is 4.74 Å². The van der Waals surface area contributed by atoms with Crippen LogP contribution in [0.5, 0.6) is 0 Å². The minimum absolute atomic E-state index is 0.106. The van der Waals surface area contributed by atoms with Crippen molar-refractivity contribution in [3.05, 3.63) is 0 Å². The Kier molecular flexibility index (Phi) is 8.33. The quantitative estimate of drug-likeness (QED) is 0.613. The average Bonchev–Trinajstić information content (AvgIpc) is 2.13. The summed E-state index contributed by atoms with van der Waals surface area (Å²) in [5, 5.41) is 5.49. The molecule has 2 amide bonds. The fourth-order valence-corrected chi connectivity index (χ4v) is 1.04. The van der Waals surface area contributed by atoms with Gasteiger partial charge in [-0.15, -0.1) is 0 Å². The van der Waals surface area contributed by atoms with Gasteiger partial charge in [-0.1, -0.05) is 13.8 Å². The number of methoxy groups -OCH3 is 1. The van der Waals surface area contributed by atoms with Crippen LogP contribution in [0.3, 0.4) is 0 Å². The van der Waals surface area contributed by atoms with E-state index in [9.17, 15) is 4.79 Å². The molecular formula is C10H22N2O2. The summed E-state index contributed by atoms with van der Waals surface area (Å²) in [7, 11) is 1.61. The van der Waals surface area contributed by atoms with E-state index in [1.165, 1.54) is 0 Å². The van der Waals surface area contributed by atoms with Crippen LogP contribution in [0.4, 0.5) is 4.79 Å². The molecule has 0 aromatic carbocycles. The van der Waals surface area contributed by atoms with Crippen molar-refractivity contribution in [1.82, 2.24) is 10.6 Å². The van der Waals surface area contributed by atoms with E-state index in [4.69, 9.17) is 4.74 Å². The van der Waals surface area contributed by atoms with Crippen molar-refractivity contribution in [2.45, 2.75) is 26.7 Å². The van der Waals surface area contributed by atoms with E-state index < -0.39 is 0 Å². The first-order chi connectivity index (χ1) is 6.66. The van der Waals surface area contributed by atoms with Crippen molar-refractivity contribution >= 4 is 6.03 Å². The molecule has 0 rings (SSSR count). The van der Waals surface area contributed by atoms with Crippen LogP contribution in [0.25, 0.3) is 0 Å². The zero-order valence-corrected chi connectivity index (χ0v) is 9.43. The smallest absolute Gasteiger partial charge is 0.314 e. The fraction of sp³-hybridized carbons (Fsp3) is 0.900. The molecule has 4 heteroatoms. The molecule has 0 aromatic heterocycles. The van der Waals surface area contributed by atoms with Gasteiger partial charge in [-0.3, -0.25) is 0 Å². The first-order valence-electron chi connectivity index (χ1n) is 5.17. The summed E-state index contributed by atoms with van der Waals surface area (Å²) in [5.74, 6) is 0.702. The van der Waals surface area contributed by atoms with E-state index in [0.717, 1.165) is 19.4 Å². The van der Waals surface area contributed by atoms with E-state index in [2.05, 4.69) is 24.5 Å². The number of carbonyl (C=O) groups excluding carboxylic acids is 1. The van der Waals surface area contributed by atoms with Gasteiger partial charge in [-0.2, -0.15) is 0 Å². The van der Waals surface area contributed by atoms with Crippen LogP contribution in [0, 0.1) is 5.92 Å². The summed E-state index contributed by atoms with van der Waals surface area (Å²) in [4.78, 5) is 11.1. The molecule has 0 radical (unpaired) electrons. The molecule has 0 aromatic rings. The third-order valence-electron chi connectivity index (χ3n) is 1.84. The first-order valence-corrected chi connectivity index (χ1v) is 5.17. The highest BCUT2D eigenvalue weighted by atomic mass is 16.5. The Morgan fingerprint density at radius 1 is 1.29 bits per heavy atom. The number of ether oxygens (including phenoxy) is 1. The lowest BCUT2D eigenvalue weighted by atomic mass is 10.1. The van der Waals surface area contributed by atoms with Crippen LogP contribution in [-0.4, -0.2) is 32.8 Å². The van der Waals surface area contributed by atoms with E-state index in [-0.39, 0.29) is 6.03 Å². The molecule has 0 fully saturated rings. The van der Waals surface area contributed by atoms with Crippen molar-refractivity contribution in [2.24, 2.45) is 5.92 Å². The third kappa shape index (κ3) is 9.32. The molecule has 0 spiro atoms. The summed E-state index contributed by atoms with van der Waals surface area (Å²) < 4.78 is 4.81. The molecule has 0 aliphatic carbocycles. The van der Waals surface area contributed by atoms with Gasteiger partial charge < -0.3 is 15.4 Å². The van der Waals surface area contributed by atoms with Crippen LogP contribution in [0.15, 0.2) is 0 Å². The topological polar surface area (TPSA) is 50.4 Å². The molecule has 0 saturated heterocycles. The number of amides is 2.